The lowest BCUT2D eigenvalue weighted by atomic mass is 9.93. The van der Waals surface area contributed by atoms with E-state index in [2.05, 4.69) is 15.5 Å². The Bertz CT molecular complexity index is 937. The molecule has 2 amide bonds. The number of ether oxygens (including phenoxy) is 1. The van der Waals surface area contributed by atoms with E-state index in [0.29, 0.717) is 31.8 Å². The lowest BCUT2D eigenvalue weighted by Gasteiger charge is -2.33. The van der Waals surface area contributed by atoms with Crippen LogP contribution in [0.1, 0.15) is 37.7 Å². The molecule has 1 unspecified atom stereocenters. The van der Waals surface area contributed by atoms with Crippen molar-refractivity contribution in [1.82, 2.24) is 5.32 Å². The number of nitrogens with one attached hydrogen (secondary N) is 2. The van der Waals surface area contributed by atoms with Crippen molar-refractivity contribution >= 4 is 29.2 Å². The zero-order valence-corrected chi connectivity index (χ0v) is 18.1. The van der Waals surface area contributed by atoms with Crippen molar-refractivity contribution < 1.29 is 19.1 Å². The average Bonchev–Trinajstić information content (AvgIpc) is 2.81. The number of esters is 1. The molecule has 2 saturated heterocycles. The van der Waals surface area contributed by atoms with Crippen LogP contribution < -0.4 is 15.5 Å². The van der Waals surface area contributed by atoms with Gasteiger partial charge in [-0.2, -0.15) is 0 Å². The molecule has 2 aliphatic rings. The highest BCUT2D eigenvalue weighted by molar-refractivity contribution is 6.01. The SMILES string of the molecule is O=C1CCC(Nc2ccc(N3CCC(CC(=O)OCc4ccccc4)CC3)cc2)C(=O)N1. The molecule has 7 heteroatoms. The van der Waals surface area contributed by atoms with Crippen molar-refractivity contribution in [3.8, 4) is 0 Å². The van der Waals surface area contributed by atoms with E-state index >= 15 is 0 Å². The molecule has 168 valence electrons. The topological polar surface area (TPSA) is 87.7 Å². The number of hydrogen-bond donors (Lipinski definition) is 2. The molecule has 2 fully saturated rings. The van der Waals surface area contributed by atoms with E-state index in [-0.39, 0.29) is 23.8 Å². The number of carbonyl (C=O) groups excluding carboxylic acids is 3. The summed E-state index contributed by atoms with van der Waals surface area (Å²) in [6.45, 7) is 2.13. The number of carbonyl (C=O) groups is 3. The summed E-state index contributed by atoms with van der Waals surface area (Å²) in [7, 11) is 0. The lowest BCUT2D eigenvalue weighted by molar-refractivity contribution is -0.146. The van der Waals surface area contributed by atoms with E-state index in [9.17, 15) is 14.4 Å². The van der Waals surface area contributed by atoms with Gasteiger partial charge in [0.05, 0.1) is 0 Å². The maximum Gasteiger partial charge on any atom is 0.306 e. The Balaban J connectivity index is 1.20. The van der Waals surface area contributed by atoms with Crippen molar-refractivity contribution in [2.24, 2.45) is 5.92 Å². The molecule has 0 aromatic heterocycles. The number of benzene rings is 2. The summed E-state index contributed by atoms with van der Waals surface area (Å²) >= 11 is 0. The number of hydrogen-bond acceptors (Lipinski definition) is 6. The summed E-state index contributed by atoms with van der Waals surface area (Å²) in [6, 6.07) is 17.4. The maximum atomic E-state index is 12.2. The van der Waals surface area contributed by atoms with Gasteiger partial charge in [-0.1, -0.05) is 30.3 Å². The Kier molecular flexibility index (Phi) is 7.04. The first-order chi connectivity index (χ1) is 15.6. The molecule has 2 heterocycles. The van der Waals surface area contributed by atoms with Gasteiger partial charge in [0.15, 0.2) is 0 Å². The third kappa shape index (κ3) is 5.87. The third-order valence-corrected chi connectivity index (χ3v) is 6.13. The molecule has 32 heavy (non-hydrogen) atoms. The zero-order valence-electron chi connectivity index (χ0n) is 18.1. The molecule has 0 aliphatic carbocycles. The standard InChI is InChI=1S/C25H29N3O4/c29-23-11-10-22(25(31)27-23)26-20-6-8-21(9-7-20)28-14-12-18(13-15-28)16-24(30)32-17-19-4-2-1-3-5-19/h1-9,18,22,26H,10-17H2,(H,27,29,31). The van der Waals surface area contributed by atoms with Crippen LogP contribution in [-0.2, 0) is 25.7 Å². The summed E-state index contributed by atoms with van der Waals surface area (Å²) < 4.78 is 5.42. The minimum Gasteiger partial charge on any atom is -0.461 e. The quantitative estimate of drug-likeness (QED) is 0.513. The number of anilines is 2. The second-order valence-corrected chi connectivity index (χ2v) is 8.48. The Labute approximate surface area is 188 Å². The summed E-state index contributed by atoms with van der Waals surface area (Å²) in [5, 5.41) is 5.56. The first-order valence-corrected chi connectivity index (χ1v) is 11.2. The largest absolute Gasteiger partial charge is 0.461 e. The van der Waals surface area contributed by atoms with E-state index in [1.807, 2.05) is 54.6 Å². The number of nitrogens with zero attached hydrogens (tertiary/aromatic N) is 1. The first-order valence-electron chi connectivity index (χ1n) is 11.2. The monoisotopic (exact) mass is 435 g/mol. The molecule has 2 N–H and O–H groups in total. The third-order valence-electron chi connectivity index (χ3n) is 6.13. The normalized spacial score (nSPS) is 19.4. The Morgan fingerprint density at radius 3 is 2.41 bits per heavy atom. The molecule has 1 atom stereocenters. The summed E-state index contributed by atoms with van der Waals surface area (Å²) in [4.78, 5) is 37.7. The highest BCUT2D eigenvalue weighted by atomic mass is 16.5. The fourth-order valence-electron chi connectivity index (χ4n) is 4.23. The molecular formula is C25H29N3O4. The number of rotatable bonds is 7. The summed E-state index contributed by atoms with van der Waals surface area (Å²) in [6.07, 6.45) is 3.24. The van der Waals surface area contributed by atoms with E-state index in [1.165, 1.54) is 0 Å². The van der Waals surface area contributed by atoms with E-state index in [1.54, 1.807) is 0 Å². The second kappa shape index (κ2) is 10.3. The predicted molar refractivity (Wildman–Crippen MR) is 122 cm³/mol. The van der Waals surface area contributed by atoms with Crippen LogP contribution in [0, 0.1) is 5.92 Å². The van der Waals surface area contributed by atoms with Crippen LogP contribution in [0.3, 0.4) is 0 Å². The van der Waals surface area contributed by atoms with Crippen LogP contribution in [0.4, 0.5) is 11.4 Å². The Morgan fingerprint density at radius 1 is 1.00 bits per heavy atom. The molecule has 7 nitrogen and oxygen atoms in total. The Hall–Kier alpha value is -3.35. The van der Waals surface area contributed by atoms with Crippen LogP contribution in [0.25, 0.3) is 0 Å². The highest BCUT2D eigenvalue weighted by Gasteiger charge is 2.26. The fraction of sp³-hybridized carbons (Fsp3) is 0.400. The van der Waals surface area contributed by atoms with Gasteiger partial charge in [0.25, 0.3) is 0 Å². The van der Waals surface area contributed by atoms with Crippen LogP contribution in [0.15, 0.2) is 54.6 Å². The van der Waals surface area contributed by atoms with Gasteiger partial charge in [0.1, 0.15) is 12.6 Å². The number of amides is 2. The second-order valence-electron chi connectivity index (χ2n) is 8.48. The van der Waals surface area contributed by atoms with Crippen molar-refractivity contribution in [2.75, 3.05) is 23.3 Å². The van der Waals surface area contributed by atoms with Gasteiger partial charge in [-0.15, -0.1) is 0 Å². The summed E-state index contributed by atoms with van der Waals surface area (Å²) in [5.41, 5.74) is 2.99. The van der Waals surface area contributed by atoms with E-state index in [0.717, 1.165) is 42.9 Å². The summed E-state index contributed by atoms with van der Waals surface area (Å²) in [5.74, 6) is -0.259. The fourth-order valence-corrected chi connectivity index (χ4v) is 4.23. The zero-order chi connectivity index (χ0) is 22.3. The van der Waals surface area contributed by atoms with Crippen LogP contribution >= 0.6 is 0 Å². The first kappa shape index (κ1) is 21.9. The van der Waals surface area contributed by atoms with Gasteiger partial charge >= 0.3 is 5.97 Å². The smallest absolute Gasteiger partial charge is 0.306 e. The molecule has 2 aromatic carbocycles. The Morgan fingerprint density at radius 2 is 1.72 bits per heavy atom. The minimum absolute atomic E-state index is 0.129. The molecule has 0 spiro atoms. The predicted octanol–water partition coefficient (Wildman–Crippen LogP) is 3.25. The van der Waals surface area contributed by atoms with E-state index in [4.69, 9.17) is 4.74 Å². The van der Waals surface area contributed by atoms with Crippen LogP contribution in [-0.4, -0.2) is 36.9 Å². The van der Waals surface area contributed by atoms with Crippen molar-refractivity contribution in [1.29, 1.82) is 0 Å². The maximum absolute atomic E-state index is 12.2. The average molecular weight is 436 g/mol. The van der Waals surface area contributed by atoms with Crippen molar-refractivity contribution in [3.63, 3.8) is 0 Å². The minimum atomic E-state index is -0.379. The van der Waals surface area contributed by atoms with Crippen molar-refractivity contribution in [2.45, 2.75) is 44.8 Å². The molecule has 0 bridgehead atoms. The van der Waals surface area contributed by atoms with Gasteiger partial charge in [0, 0.05) is 37.3 Å². The van der Waals surface area contributed by atoms with Crippen LogP contribution in [0.2, 0.25) is 0 Å². The number of piperidine rings is 2. The van der Waals surface area contributed by atoms with Gasteiger partial charge < -0.3 is 15.0 Å². The van der Waals surface area contributed by atoms with Gasteiger partial charge in [-0.05, 0) is 55.0 Å². The van der Waals surface area contributed by atoms with E-state index < -0.39 is 0 Å². The highest BCUT2D eigenvalue weighted by Crippen LogP contribution is 2.27. The lowest BCUT2D eigenvalue weighted by Crippen LogP contribution is -2.47. The molecular weight excluding hydrogens is 406 g/mol. The number of imide groups is 1. The van der Waals surface area contributed by atoms with Gasteiger partial charge in [-0.3, -0.25) is 19.7 Å². The molecule has 0 radical (unpaired) electrons. The molecule has 4 rings (SSSR count). The molecule has 2 aliphatic heterocycles. The van der Waals surface area contributed by atoms with Crippen LogP contribution in [0.5, 0.6) is 0 Å². The molecule has 0 saturated carbocycles. The molecule has 2 aromatic rings. The van der Waals surface area contributed by atoms with Crippen molar-refractivity contribution in [3.05, 3.63) is 60.2 Å². The van der Waals surface area contributed by atoms with Gasteiger partial charge in [0.2, 0.25) is 11.8 Å². The van der Waals surface area contributed by atoms with Gasteiger partial charge in [-0.25, -0.2) is 0 Å².